The lowest BCUT2D eigenvalue weighted by molar-refractivity contribution is -0.384. The molecule has 1 aromatic heterocycles. The molecule has 7 nitrogen and oxygen atoms in total. The van der Waals surface area contributed by atoms with E-state index in [2.05, 4.69) is 24.0 Å². The Bertz CT molecular complexity index is 1010. The highest BCUT2D eigenvalue weighted by molar-refractivity contribution is 7.22. The maximum atomic E-state index is 12.6. The molecule has 0 aliphatic carbocycles. The normalized spacial score (nSPS) is 14.6. The summed E-state index contributed by atoms with van der Waals surface area (Å²) < 4.78 is 1.18. The summed E-state index contributed by atoms with van der Waals surface area (Å²) in [6, 6.07) is 12.0. The van der Waals surface area contributed by atoms with Crippen molar-refractivity contribution in [3.05, 3.63) is 63.7 Å². The largest absolute Gasteiger partial charge is 0.345 e. The lowest BCUT2D eigenvalue weighted by atomic mass is 10.1. The van der Waals surface area contributed by atoms with E-state index in [1.165, 1.54) is 34.5 Å². The van der Waals surface area contributed by atoms with Crippen LogP contribution in [0.15, 0.2) is 42.5 Å². The van der Waals surface area contributed by atoms with Crippen molar-refractivity contribution >= 4 is 38.3 Å². The first-order valence-corrected chi connectivity index (χ1v) is 9.49. The number of nitro benzene ring substituents is 1. The van der Waals surface area contributed by atoms with E-state index in [0.717, 1.165) is 23.7 Å². The summed E-state index contributed by atoms with van der Waals surface area (Å²) in [5.74, 6) is -0.0931. The fourth-order valence-electron chi connectivity index (χ4n) is 3.16. The van der Waals surface area contributed by atoms with E-state index in [4.69, 9.17) is 4.98 Å². The zero-order chi connectivity index (χ0) is 19.0. The summed E-state index contributed by atoms with van der Waals surface area (Å²) in [5, 5.41) is 11.7. The van der Waals surface area contributed by atoms with Crippen LogP contribution in [0, 0.1) is 17.0 Å². The van der Waals surface area contributed by atoms with Crippen molar-refractivity contribution in [3.8, 4) is 0 Å². The zero-order valence-corrected chi connectivity index (χ0v) is 15.6. The number of fused-ring (bicyclic) bond motifs is 1. The number of rotatable bonds is 3. The molecule has 1 fully saturated rings. The van der Waals surface area contributed by atoms with Gasteiger partial charge in [0.2, 0.25) is 0 Å². The van der Waals surface area contributed by atoms with Crippen LogP contribution in [0.3, 0.4) is 0 Å². The van der Waals surface area contributed by atoms with Crippen LogP contribution in [-0.4, -0.2) is 46.9 Å². The smallest absolute Gasteiger partial charge is 0.269 e. The standard InChI is InChI=1S/C19H18N4O3S/c1-13-2-7-16-17(12-13)27-19(20-16)22-10-8-21(9-11-22)18(24)14-3-5-15(6-4-14)23(25)26/h2-7,12H,8-11H2,1H3. The Morgan fingerprint density at radius 3 is 2.48 bits per heavy atom. The maximum Gasteiger partial charge on any atom is 0.269 e. The monoisotopic (exact) mass is 382 g/mol. The molecule has 138 valence electrons. The summed E-state index contributed by atoms with van der Waals surface area (Å²) in [6.45, 7) is 4.71. The molecule has 3 aromatic rings. The topological polar surface area (TPSA) is 79.6 Å². The third-order valence-electron chi connectivity index (χ3n) is 4.70. The molecule has 0 spiro atoms. The molecule has 2 aromatic carbocycles. The third-order valence-corrected chi connectivity index (χ3v) is 5.77. The molecule has 1 amide bonds. The van der Waals surface area contributed by atoms with Gasteiger partial charge in [-0.25, -0.2) is 4.98 Å². The average Bonchev–Trinajstić information content (AvgIpc) is 3.11. The second kappa shape index (κ2) is 6.96. The average molecular weight is 382 g/mol. The Morgan fingerprint density at radius 1 is 1.11 bits per heavy atom. The van der Waals surface area contributed by atoms with Crippen molar-refractivity contribution in [2.75, 3.05) is 31.1 Å². The molecule has 0 saturated carbocycles. The molecule has 1 saturated heterocycles. The van der Waals surface area contributed by atoms with Gasteiger partial charge in [-0.05, 0) is 36.8 Å². The van der Waals surface area contributed by atoms with Crippen LogP contribution in [0.5, 0.6) is 0 Å². The van der Waals surface area contributed by atoms with Crippen LogP contribution in [-0.2, 0) is 0 Å². The van der Waals surface area contributed by atoms with E-state index in [0.29, 0.717) is 18.7 Å². The SMILES string of the molecule is Cc1ccc2nc(N3CCN(C(=O)c4ccc([N+](=O)[O-])cc4)CC3)sc2c1. The molecule has 0 N–H and O–H groups in total. The van der Waals surface area contributed by atoms with E-state index in [9.17, 15) is 14.9 Å². The molecule has 27 heavy (non-hydrogen) atoms. The first kappa shape index (κ1) is 17.4. The quantitative estimate of drug-likeness (QED) is 0.512. The van der Waals surface area contributed by atoms with E-state index in [1.807, 2.05) is 6.07 Å². The highest BCUT2D eigenvalue weighted by Gasteiger charge is 2.24. The minimum absolute atomic E-state index is 0.0116. The second-order valence-electron chi connectivity index (χ2n) is 6.55. The predicted octanol–water partition coefficient (Wildman–Crippen LogP) is 3.48. The van der Waals surface area contributed by atoms with Crippen molar-refractivity contribution in [1.29, 1.82) is 0 Å². The van der Waals surface area contributed by atoms with Crippen LogP contribution < -0.4 is 4.90 Å². The van der Waals surface area contributed by atoms with Crippen molar-refractivity contribution in [3.63, 3.8) is 0 Å². The number of hydrogen-bond acceptors (Lipinski definition) is 6. The molecule has 2 heterocycles. The first-order chi connectivity index (χ1) is 13.0. The van der Waals surface area contributed by atoms with Crippen molar-refractivity contribution in [1.82, 2.24) is 9.88 Å². The Balaban J connectivity index is 1.43. The number of aryl methyl sites for hydroxylation is 1. The van der Waals surface area contributed by atoms with Gasteiger partial charge in [-0.1, -0.05) is 17.4 Å². The number of piperazine rings is 1. The molecule has 0 atom stereocenters. The second-order valence-corrected chi connectivity index (χ2v) is 7.56. The van der Waals surface area contributed by atoms with Crippen LogP contribution in [0.25, 0.3) is 10.2 Å². The van der Waals surface area contributed by atoms with Gasteiger partial charge in [-0.15, -0.1) is 0 Å². The van der Waals surface area contributed by atoms with E-state index >= 15 is 0 Å². The Labute approximate surface area is 160 Å². The van der Waals surface area contributed by atoms with Gasteiger partial charge in [-0.3, -0.25) is 14.9 Å². The van der Waals surface area contributed by atoms with Crippen LogP contribution in [0.1, 0.15) is 15.9 Å². The fourth-order valence-corrected chi connectivity index (χ4v) is 4.28. The van der Waals surface area contributed by atoms with Crippen LogP contribution in [0.4, 0.5) is 10.8 Å². The number of non-ortho nitro benzene ring substituents is 1. The number of hydrogen-bond donors (Lipinski definition) is 0. The summed E-state index contributed by atoms with van der Waals surface area (Å²) in [6.07, 6.45) is 0. The predicted molar refractivity (Wildman–Crippen MR) is 106 cm³/mol. The summed E-state index contributed by atoms with van der Waals surface area (Å²) in [4.78, 5) is 31.6. The van der Waals surface area contributed by atoms with Gasteiger partial charge in [0.05, 0.1) is 15.1 Å². The molecule has 4 rings (SSSR count). The minimum atomic E-state index is -0.466. The van der Waals surface area contributed by atoms with E-state index in [1.54, 1.807) is 16.2 Å². The minimum Gasteiger partial charge on any atom is -0.345 e. The van der Waals surface area contributed by atoms with E-state index in [-0.39, 0.29) is 11.6 Å². The van der Waals surface area contributed by atoms with Crippen LogP contribution in [0.2, 0.25) is 0 Å². The number of benzene rings is 2. The number of nitrogens with zero attached hydrogens (tertiary/aromatic N) is 4. The van der Waals surface area contributed by atoms with Gasteiger partial charge in [-0.2, -0.15) is 0 Å². The highest BCUT2D eigenvalue weighted by Crippen LogP contribution is 2.30. The molecule has 1 aliphatic heterocycles. The summed E-state index contributed by atoms with van der Waals surface area (Å²) in [7, 11) is 0. The molecule has 1 aliphatic rings. The number of carbonyl (C=O) groups is 1. The molecule has 0 bridgehead atoms. The molecular formula is C19H18N4O3S. The van der Waals surface area contributed by atoms with Crippen molar-refractivity contribution < 1.29 is 9.72 Å². The van der Waals surface area contributed by atoms with Gasteiger partial charge in [0, 0.05) is 43.9 Å². The fraction of sp³-hybridized carbons (Fsp3) is 0.263. The number of carbonyl (C=O) groups excluding carboxylic acids is 1. The zero-order valence-electron chi connectivity index (χ0n) is 14.8. The number of amides is 1. The van der Waals surface area contributed by atoms with Crippen molar-refractivity contribution in [2.45, 2.75) is 6.92 Å². The van der Waals surface area contributed by atoms with Gasteiger partial charge < -0.3 is 9.80 Å². The number of nitro groups is 1. The molecule has 8 heteroatoms. The lowest BCUT2D eigenvalue weighted by Crippen LogP contribution is -2.48. The Morgan fingerprint density at radius 2 is 1.81 bits per heavy atom. The van der Waals surface area contributed by atoms with E-state index < -0.39 is 4.92 Å². The third kappa shape index (κ3) is 3.48. The van der Waals surface area contributed by atoms with Gasteiger partial charge >= 0.3 is 0 Å². The lowest BCUT2D eigenvalue weighted by Gasteiger charge is -2.34. The molecular weight excluding hydrogens is 364 g/mol. The number of thiazole rings is 1. The number of anilines is 1. The van der Waals surface area contributed by atoms with Gasteiger partial charge in [0.15, 0.2) is 5.13 Å². The highest BCUT2D eigenvalue weighted by atomic mass is 32.1. The molecule has 0 radical (unpaired) electrons. The first-order valence-electron chi connectivity index (χ1n) is 8.67. The van der Waals surface area contributed by atoms with Gasteiger partial charge in [0.1, 0.15) is 0 Å². The Kier molecular flexibility index (Phi) is 4.49. The van der Waals surface area contributed by atoms with Gasteiger partial charge in [0.25, 0.3) is 11.6 Å². The van der Waals surface area contributed by atoms with Crippen LogP contribution >= 0.6 is 11.3 Å². The Hall–Kier alpha value is -3.00. The molecule has 0 unspecified atom stereocenters. The number of aromatic nitrogens is 1. The maximum absolute atomic E-state index is 12.6. The van der Waals surface area contributed by atoms with Crippen molar-refractivity contribution in [2.24, 2.45) is 0 Å². The summed E-state index contributed by atoms with van der Waals surface area (Å²) in [5.41, 5.74) is 2.69. The summed E-state index contributed by atoms with van der Waals surface area (Å²) >= 11 is 1.68.